The molecule has 87 valence electrons. The van der Waals surface area contributed by atoms with Crippen LogP contribution < -0.4 is 0 Å². The van der Waals surface area contributed by atoms with Crippen molar-refractivity contribution in [3.05, 3.63) is 34.4 Å². The van der Waals surface area contributed by atoms with Crippen LogP contribution in [0.25, 0.3) is 0 Å². The lowest BCUT2D eigenvalue weighted by Gasteiger charge is -2.41. The van der Waals surface area contributed by atoms with Gasteiger partial charge >= 0.3 is 0 Å². The number of benzene rings is 1. The van der Waals surface area contributed by atoms with Gasteiger partial charge in [0, 0.05) is 5.41 Å². The van der Waals surface area contributed by atoms with Gasteiger partial charge in [-0.2, -0.15) is 0 Å². The van der Waals surface area contributed by atoms with Crippen LogP contribution in [-0.4, -0.2) is 13.2 Å². The van der Waals surface area contributed by atoms with E-state index in [9.17, 15) is 0 Å². The minimum Gasteiger partial charge on any atom is -0.380 e. The average molecular weight is 217 g/mol. The van der Waals surface area contributed by atoms with Crippen molar-refractivity contribution in [1.29, 1.82) is 0 Å². The van der Waals surface area contributed by atoms with Crippen LogP contribution in [0.15, 0.2) is 6.07 Å². The van der Waals surface area contributed by atoms with Crippen LogP contribution in [0.3, 0.4) is 0 Å². The van der Waals surface area contributed by atoms with Gasteiger partial charge in [-0.1, -0.05) is 13.0 Å². The van der Waals surface area contributed by atoms with Gasteiger partial charge in [0.1, 0.15) is 0 Å². The molecular weight excluding hydrogens is 196 g/mol. The first-order chi connectivity index (χ1) is 7.56. The zero-order valence-corrected chi connectivity index (χ0v) is 10.8. The van der Waals surface area contributed by atoms with Crippen LogP contribution in [0.1, 0.15) is 35.6 Å². The number of rotatable bonds is 3. The monoisotopic (exact) mass is 217 g/mol. The van der Waals surface area contributed by atoms with E-state index in [2.05, 4.69) is 39.8 Å². The maximum Gasteiger partial charge on any atom is 0.0547 e. The van der Waals surface area contributed by atoms with Crippen molar-refractivity contribution < 1.29 is 4.74 Å². The Kier molecular flexibility index (Phi) is 3.07. The lowest BCUT2D eigenvalue weighted by atomic mass is 9.75. The van der Waals surface area contributed by atoms with E-state index in [1.807, 2.05) is 0 Å². The predicted octanol–water partition coefficient (Wildman–Crippen LogP) is 3.38. The summed E-state index contributed by atoms with van der Waals surface area (Å²) in [4.78, 5) is 0. The summed E-state index contributed by atoms with van der Waals surface area (Å²) in [5, 5.41) is 0. The van der Waals surface area contributed by atoms with E-state index in [1.54, 1.807) is 0 Å². The molecule has 1 aromatic rings. The predicted molar refractivity (Wildman–Crippen MR) is 66.7 cm³/mol. The highest BCUT2D eigenvalue weighted by atomic mass is 16.5. The smallest absolute Gasteiger partial charge is 0.0547 e. The zero-order chi connectivity index (χ0) is 11.8. The molecule has 0 aromatic heterocycles. The highest BCUT2D eigenvalue weighted by Gasteiger charge is 2.37. The lowest BCUT2D eigenvalue weighted by molar-refractivity contribution is -0.114. The van der Waals surface area contributed by atoms with Crippen LogP contribution in [0.5, 0.6) is 0 Å². The largest absolute Gasteiger partial charge is 0.380 e. The highest BCUT2D eigenvalue weighted by Crippen LogP contribution is 2.36. The lowest BCUT2D eigenvalue weighted by Crippen LogP contribution is -2.44. The van der Waals surface area contributed by atoms with Gasteiger partial charge in [0.25, 0.3) is 0 Å². The van der Waals surface area contributed by atoms with Gasteiger partial charge in [-0.15, -0.1) is 0 Å². The summed E-state index contributed by atoms with van der Waals surface area (Å²) < 4.78 is 5.39. The molecule has 0 saturated carbocycles. The SMILES string of the molecule is CCC1(Cc2c(C)[c]c(C)cc2C)COC1. The average Bonchev–Trinajstić information content (AvgIpc) is 2.14. The fourth-order valence-corrected chi connectivity index (χ4v) is 2.58. The van der Waals surface area contributed by atoms with Crippen molar-refractivity contribution in [3.63, 3.8) is 0 Å². The fourth-order valence-electron chi connectivity index (χ4n) is 2.58. The minimum atomic E-state index is 0.401. The summed E-state index contributed by atoms with van der Waals surface area (Å²) in [6, 6.07) is 5.67. The molecule has 1 heterocycles. The molecule has 1 aromatic carbocycles. The molecule has 1 radical (unpaired) electrons. The molecule has 1 aliphatic heterocycles. The summed E-state index contributed by atoms with van der Waals surface area (Å²) in [5.41, 5.74) is 5.86. The van der Waals surface area contributed by atoms with Crippen LogP contribution in [0, 0.1) is 32.3 Å². The van der Waals surface area contributed by atoms with E-state index in [4.69, 9.17) is 4.74 Å². The molecule has 1 heteroatoms. The maximum atomic E-state index is 5.39. The minimum absolute atomic E-state index is 0.401. The van der Waals surface area contributed by atoms with Crippen LogP contribution >= 0.6 is 0 Å². The topological polar surface area (TPSA) is 9.23 Å². The third-order valence-corrected chi connectivity index (χ3v) is 3.86. The van der Waals surface area contributed by atoms with Gasteiger partial charge in [0.2, 0.25) is 0 Å². The van der Waals surface area contributed by atoms with E-state index >= 15 is 0 Å². The first kappa shape index (κ1) is 11.7. The van der Waals surface area contributed by atoms with E-state index in [0.717, 1.165) is 19.6 Å². The normalized spacial score (nSPS) is 18.2. The van der Waals surface area contributed by atoms with Gasteiger partial charge in [-0.05, 0) is 61.9 Å². The fraction of sp³-hybridized carbons (Fsp3) is 0.600. The van der Waals surface area contributed by atoms with E-state index in [1.165, 1.54) is 28.7 Å². The Morgan fingerprint density at radius 1 is 1.31 bits per heavy atom. The molecule has 1 nitrogen and oxygen atoms in total. The first-order valence-electron chi connectivity index (χ1n) is 6.13. The van der Waals surface area contributed by atoms with Crippen molar-refractivity contribution in [2.45, 2.75) is 40.5 Å². The Labute approximate surface area is 98.8 Å². The van der Waals surface area contributed by atoms with Crippen molar-refractivity contribution in [3.8, 4) is 0 Å². The Morgan fingerprint density at radius 3 is 2.44 bits per heavy atom. The number of hydrogen-bond donors (Lipinski definition) is 0. The molecule has 0 atom stereocenters. The van der Waals surface area contributed by atoms with Crippen molar-refractivity contribution in [1.82, 2.24) is 0 Å². The first-order valence-corrected chi connectivity index (χ1v) is 6.13. The van der Waals surface area contributed by atoms with Gasteiger partial charge in [-0.3, -0.25) is 0 Å². The molecule has 16 heavy (non-hydrogen) atoms. The number of aryl methyl sites for hydroxylation is 3. The van der Waals surface area contributed by atoms with Gasteiger partial charge in [-0.25, -0.2) is 0 Å². The Balaban J connectivity index is 2.27. The molecule has 0 N–H and O–H groups in total. The quantitative estimate of drug-likeness (QED) is 0.754. The second-order valence-electron chi connectivity index (χ2n) is 5.26. The van der Waals surface area contributed by atoms with Gasteiger partial charge in [0.05, 0.1) is 13.2 Å². The van der Waals surface area contributed by atoms with Gasteiger partial charge < -0.3 is 4.74 Å². The summed E-state index contributed by atoms with van der Waals surface area (Å²) in [6.07, 6.45) is 2.36. The second kappa shape index (κ2) is 4.21. The summed E-state index contributed by atoms with van der Waals surface area (Å²) in [6.45, 7) is 10.6. The standard InChI is InChI=1S/C15H21O/c1-5-15(9-16-10-15)8-14-12(3)6-11(2)7-13(14)4/h6H,5,8-10H2,1-4H3. The van der Waals surface area contributed by atoms with Crippen LogP contribution in [-0.2, 0) is 11.2 Å². The molecule has 0 spiro atoms. The highest BCUT2D eigenvalue weighted by molar-refractivity contribution is 5.37. The molecule has 1 saturated heterocycles. The summed E-state index contributed by atoms with van der Waals surface area (Å²) >= 11 is 0. The molecule has 0 amide bonds. The van der Waals surface area contributed by atoms with Crippen molar-refractivity contribution in [2.24, 2.45) is 5.41 Å². The Morgan fingerprint density at radius 2 is 2.00 bits per heavy atom. The molecule has 2 rings (SSSR count). The number of ether oxygens (including phenoxy) is 1. The molecule has 0 aliphatic carbocycles. The van der Waals surface area contributed by atoms with Gasteiger partial charge in [0.15, 0.2) is 0 Å². The third-order valence-electron chi connectivity index (χ3n) is 3.86. The second-order valence-corrected chi connectivity index (χ2v) is 5.26. The molecule has 0 unspecified atom stereocenters. The van der Waals surface area contributed by atoms with E-state index in [0.29, 0.717) is 5.41 Å². The summed E-state index contributed by atoms with van der Waals surface area (Å²) in [5.74, 6) is 0. The van der Waals surface area contributed by atoms with Crippen LogP contribution in [0.4, 0.5) is 0 Å². The maximum absolute atomic E-state index is 5.39. The molecule has 1 fully saturated rings. The molecule has 0 bridgehead atoms. The van der Waals surface area contributed by atoms with Crippen molar-refractivity contribution in [2.75, 3.05) is 13.2 Å². The Bertz CT molecular complexity index is 360. The van der Waals surface area contributed by atoms with E-state index in [-0.39, 0.29) is 0 Å². The zero-order valence-electron chi connectivity index (χ0n) is 10.8. The van der Waals surface area contributed by atoms with Crippen molar-refractivity contribution >= 4 is 0 Å². The summed E-state index contributed by atoms with van der Waals surface area (Å²) in [7, 11) is 0. The third kappa shape index (κ3) is 2.01. The number of hydrogen-bond acceptors (Lipinski definition) is 1. The van der Waals surface area contributed by atoms with E-state index < -0.39 is 0 Å². The molecular formula is C15H21O. The molecule has 1 aliphatic rings. The Hall–Kier alpha value is -0.820. The van der Waals surface area contributed by atoms with Crippen LogP contribution in [0.2, 0.25) is 0 Å².